The molecule has 46 nitrogen and oxygen atoms in total. The Hall–Kier alpha value is -14.0. The largest absolute Gasteiger partial charge is 0.460 e. The number of hydrogen-bond donors (Lipinski definition) is 0. The van der Waals surface area contributed by atoms with Gasteiger partial charge in [-0.05, 0) is 241 Å². The number of carbonyl (C=O) groups is 9. The number of esters is 9. The maximum absolute atomic E-state index is 12.8. The van der Waals surface area contributed by atoms with Crippen molar-refractivity contribution in [1.82, 2.24) is 0 Å². The highest BCUT2D eigenvalue weighted by atomic mass is 32.3. The fraction of sp³-hybridized carbons (Fsp3) is 0.228. The molecule has 134 heavy (non-hydrogen) atoms. The van der Waals surface area contributed by atoms with Crippen molar-refractivity contribution in [3.8, 4) is 11.5 Å². The lowest BCUT2D eigenvalue weighted by Crippen LogP contribution is -2.18. The van der Waals surface area contributed by atoms with E-state index in [1.165, 1.54) is 121 Å². The van der Waals surface area contributed by atoms with Crippen molar-refractivity contribution >= 4 is 156 Å². The molecule has 0 unspecified atom stereocenters. The molecule has 0 fully saturated rings. The average molecular weight is 2060 g/mol. The number of fused-ring (bicyclic) bond motifs is 1. The van der Waals surface area contributed by atoms with Gasteiger partial charge in [-0.25, -0.2) is 43.2 Å². The molecule has 0 heterocycles. The fourth-order valence-electron chi connectivity index (χ4n) is 8.60. The first-order chi connectivity index (χ1) is 62.1. The van der Waals surface area contributed by atoms with E-state index in [1.807, 2.05) is 0 Å². The third-order valence-electron chi connectivity index (χ3n) is 14.3. The molecule has 6 aromatic rings. The molecule has 0 bridgehead atoms. The zero-order valence-corrected chi connectivity index (χ0v) is 79.2. The summed E-state index contributed by atoms with van der Waals surface area (Å²) in [4.78, 5) is 98.3. The summed E-state index contributed by atoms with van der Waals surface area (Å²) in [5, 5.41) is 0.694. The van der Waals surface area contributed by atoms with Gasteiger partial charge < -0.3 is 85.0 Å². The van der Waals surface area contributed by atoms with Crippen LogP contribution in [0.2, 0.25) is 0 Å². The Bertz CT molecular complexity index is 6220. The normalized spacial score (nSPS) is 11.3. The Morgan fingerprint density at radius 2 is 0.336 bits per heavy atom. The van der Waals surface area contributed by atoms with Crippen LogP contribution in [-0.4, -0.2) is 189 Å². The topological polar surface area (TPSA) is 636 Å². The smallest absolute Gasteiger partial charge is 0.374 e. The molecule has 0 saturated carbocycles. The zero-order valence-electron chi connectivity index (χ0n) is 71.8. The molecule has 0 aliphatic carbocycles. The van der Waals surface area contributed by atoms with E-state index >= 15 is 0 Å². The second-order valence-corrected chi connectivity index (χ2v) is 37.9. The van der Waals surface area contributed by atoms with Crippen LogP contribution in [0.1, 0.15) is 62.3 Å². The minimum absolute atomic E-state index is 0.0132. The molecular formula is C79H84O46S9. The Labute approximate surface area is 770 Å². The van der Waals surface area contributed by atoms with Crippen molar-refractivity contribution in [1.29, 1.82) is 0 Å². The summed E-state index contributed by atoms with van der Waals surface area (Å²) >= 11 is 0. The quantitative estimate of drug-likeness (QED) is 0.0116. The molecular weight excluding hydrogens is 1970 g/mol. The van der Waals surface area contributed by atoms with E-state index in [0.717, 1.165) is 30.3 Å². The molecule has 0 aromatic heterocycles. The maximum Gasteiger partial charge on any atom is 0.374 e. The van der Waals surface area contributed by atoms with Crippen molar-refractivity contribution in [2.24, 2.45) is 0 Å². The van der Waals surface area contributed by atoms with Gasteiger partial charge in [0.25, 0.3) is 0 Å². The SMILES string of the molecule is C=C(OS(=O)(=O)c1cc(S(=O)(=O)OC(=C)C(=O)OCC)cc(S(=O)(=O)OC(=C)C(=O)OCC)c1)C(=O)OCC.C=C(OS(=O)(=O)c1ccc(Oc2ccc(S(=O)(=O)OC(=C)C(=O)OCC)cc2)cc1)C(=O)OCC.C=C(OS(=O)(=O)c1ccc2cc(S(=O)(=O)OC(=C)C(=O)OCC)ccc2c1)C(=O)OCC.C=C(OS(=O)(=O)c1cccc(S(=O)(=O)OC(=C)C(=O)OCC)c1)C(=O)OCC. The first-order valence-corrected chi connectivity index (χ1v) is 49.7. The number of rotatable bonds is 47. The van der Waals surface area contributed by atoms with E-state index < -0.39 is 221 Å². The minimum atomic E-state index is -5.16. The van der Waals surface area contributed by atoms with Crippen molar-refractivity contribution in [3.05, 3.63) is 238 Å². The highest BCUT2D eigenvalue weighted by Gasteiger charge is 2.35. The molecule has 0 amide bonds. The van der Waals surface area contributed by atoms with Gasteiger partial charge in [-0.3, -0.25) is 0 Å². The lowest BCUT2D eigenvalue weighted by Gasteiger charge is -2.14. The van der Waals surface area contributed by atoms with Crippen LogP contribution >= 0.6 is 0 Å². The average Bonchev–Trinajstić information content (AvgIpc) is 0.776. The number of ether oxygens (including phenoxy) is 10. The Kier molecular flexibility index (Phi) is 42.6. The first-order valence-electron chi connectivity index (χ1n) is 37.1. The minimum Gasteiger partial charge on any atom is -0.460 e. The van der Waals surface area contributed by atoms with Crippen LogP contribution < -0.4 is 4.74 Å². The lowest BCUT2D eigenvalue weighted by molar-refractivity contribution is -0.141. The van der Waals surface area contributed by atoms with Crippen LogP contribution in [0.3, 0.4) is 0 Å². The van der Waals surface area contributed by atoms with E-state index in [1.54, 1.807) is 13.8 Å². The van der Waals surface area contributed by atoms with E-state index in [0.29, 0.717) is 35.0 Å². The molecule has 55 heteroatoms. The van der Waals surface area contributed by atoms with Gasteiger partial charge in [0.05, 0.1) is 59.5 Å². The summed E-state index contributed by atoms with van der Waals surface area (Å²) in [7, 11) is -42.1. The van der Waals surface area contributed by atoms with E-state index in [2.05, 4.69) is 139 Å². The van der Waals surface area contributed by atoms with Gasteiger partial charge in [0, 0.05) is 0 Å². The molecule has 0 saturated heterocycles. The first kappa shape index (κ1) is 114. The van der Waals surface area contributed by atoms with Gasteiger partial charge in [0.2, 0.25) is 51.8 Å². The van der Waals surface area contributed by atoms with Crippen LogP contribution in [0, 0.1) is 0 Å². The van der Waals surface area contributed by atoms with Crippen LogP contribution in [0.5, 0.6) is 11.5 Å². The zero-order chi connectivity index (χ0) is 102. The van der Waals surface area contributed by atoms with Crippen LogP contribution in [-0.2, 0) is 214 Å². The molecule has 6 aromatic carbocycles. The predicted octanol–water partition coefficient (Wildman–Crippen LogP) is 7.73. The van der Waals surface area contributed by atoms with Crippen molar-refractivity contribution in [2.45, 2.75) is 106 Å². The lowest BCUT2D eigenvalue weighted by atomic mass is 10.1. The second kappa shape index (κ2) is 50.0. The second-order valence-electron chi connectivity index (χ2n) is 24.0. The van der Waals surface area contributed by atoms with Gasteiger partial charge in [-0.15, -0.1) is 0 Å². The number of carbonyl (C=O) groups excluding carboxylic acids is 9. The summed E-state index contributed by atoms with van der Waals surface area (Å²) in [6, 6.07) is 22.4. The molecule has 0 N–H and O–H groups in total. The van der Waals surface area contributed by atoms with Crippen molar-refractivity contribution < 1.29 is 204 Å². The summed E-state index contributed by atoms with van der Waals surface area (Å²) in [6.07, 6.45) is 0. The molecule has 0 radical (unpaired) electrons. The Morgan fingerprint density at radius 1 is 0.194 bits per heavy atom. The van der Waals surface area contributed by atoms with Gasteiger partial charge >= 0.3 is 145 Å². The highest BCUT2D eigenvalue weighted by molar-refractivity contribution is 7.89. The number of benzene rings is 6. The van der Waals surface area contributed by atoms with E-state index in [-0.39, 0.29) is 90.5 Å². The maximum atomic E-state index is 12.8. The van der Waals surface area contributed by atoms with Crippen LogP contribution in [0.15, 0.2) is 282 Å². The third-order valence-corrected chi connectivity index (χ3v) is 25.6. The molecule has 0 spiro atoms. The standard InChI is InChI=1S/C22H22O11S2.C21H24O15S3.C20H20O10S2.C16H18O10S2/c1-5-29-21(23)15(3)32-34(25,26)19-11-7-17(8-12-19)31-18-9-13-20(14-10-18)35(27,28)33-16(4)22(24)30-6-2;1-7-31-19(22)13(4)34-37(25,26)16-10-17(38(27,28)35-14(5)20(23)32-8-2)12-18(11-16)39(29,30)36-15(6)21(24)33-9-3;1-5-27-19(21)13(3)29-31(23,24)17-9-7-16-12-18(10-8-15(16)11-17)32(25,26)30-14(4)20(22)28-6-2;1-5-23-15(17)11(3)25-27(19,20)13-8-7-9-14(10-13)28(21,22)26-12(4)16(18)24-6-2/h7-14H,3-6H2,1-2H3;10-12H,4-9H2,1-3H3;7-12H,3-6H2,1-2H3;7-10H,3-6H2,1-2H3. The van der Waals surface area contributed by atoms with Gasteiger partial charge in [-0.1, -0.05) is 18.2 Å². The summed E-state index contributed by atoms with van der Waals surface area (Å²) in [5.41, 5.74) is 0. The van der Waals surface area contributed by atoms with Gasteiger partial charge in [0.1, 0.15) is 55.6 Å². The van der Waals surface area contributed by atoms with E-state index in [4.69, 9.17) is 4.74 Å². The molecule has 730 valence electrons. The summed E-state index contributed by atoms with van der Waals surface area (Å²) in [5.74, 6) is -17.2. The molecule has 0 aliphatic rings. The van der Waals surface area contributed by atoms with Crippen molar-refractivity contribution in [3.63, 3.8) is 0 Å². The summed E-state index contributed by atoms with van der Waals surface area (Å²) in [6.45, 7) is 41.3. The number of hydrogen-bond acceptors (Lipinski definition) is 46. The molecule has 0 aliphatic heterocycles. The molecule has 0 atom stereocenters. The predicted molar refractivity (Wildman–Crippen MR) is 456 cm³/mol. The van der Waals surface area contributed by atoms with Crippen LogP contribution in [0.4, 0.5) is 0 Å². The monoisotopic (exact) mass is 2060 g/mol. The fourth-order valence-corrected chi connectivity index (χ4v) is 17.4. The molecule has 6 rings (SSSR count). The Balaban J connectivity index is 0.000000463. The van der Waals surface area contributed by atoms with Gasteiger partial charge in [0.15, 0.2) is 0 Å². The van der Waals surface area contributed by atoms with Gasteiger partial charge in [-0.2, -0.15) is 75.8 Å². The van der Waals surface area contributed by atoms with Crippen molar-refractivity contribution in [2.75, 3.05) is 59.5 Å². The van der Waals surface area contributed by atoms with E-state index in [9.17, 15) is 119 Å². The third kappa shape index (κ3) is 34.6. The summed E-state index contributed by atoms with van der Waals surface area (Å²) < 4.78 is 312. The Morgan fingerprint density at radius 3 is 0.507 bits per heavy atom. The highest BCUT2D eigenvalue weighted by Crippen LogP contribution is 2.33. The van der Waals surface area contributed by atoms with Crippen LogP contribution in [0.25, 0.3) is 10.8 Å².